The van der Waals surface area contributed by atoms with Crippen LogP contribution < -0.4 is 4.72 Å². The number of hydrogen-bond donors (Lipinski definition) is 1. The fourth-order valence-electron chi connectivity index (χ4n) is 1.95. The van der Waals surface area contributed by atoms with Crippen molar-refractivity contribution in [1.82, 2.24) is 4.72 Å². The molecule has 118 valence electrons. The van der Waals surface area contributed by atoms with Gasteiger partial charge in [0, 0.05) is 8.95 Å². The van der Waals surface area contributed by atoms with E-state index >= 15 is 0 Å². The van der Waals surface area contributed by atoms with Crippen LogP contribution in [0.3, 0.4) is 0 Å². The largest absolute Gasteiger partial charge is 0.468 e. The number of rotatable bonds is 6. The van der Waals surface area contributed by atoms with Gasteiger partial charge in [-0.2, -0.15) is 4.72 Å². The molecule has 0 heterocycles. The molecule has 1 atom stereocenters. The van der Waals surface area contributed by atoms with Gasteiger partial charge in [0.1, 0.15) is 5.54 Å². The molecule has 0 aliphatic carbocycles. The van der Waals surface area contributed by atoms with E-state index in [9.17, 15) is 13.2 Å². The maximum atomic E-state index is 12.5. The minimum Gasteiger partial charge on any atom is -0.468 e. The van der Waals surface area contributed by atoms with E-state index in [-0.39, 0.29) is 4.90 Å². The minimum atomic E-state index is -3.88. The first-order valence-corrected chi connectivity index (χ1v) is 9.30. The number of nitrogens with one attached hydrogen (secondary N) is 1. The van der Waals surface area contributed by atoms with Crippen LogP contribution in [0.15, 0.2) is 32.0 Å². The first kappa shape index (κ1) is 18.6. The molecule has 21 heavy (non-hydrogen) atoms. The third-order valence-corrected chi connectivity index (χ3v) is 6.01. The summed E-state index contributed by atoms with van der Waals surface area (Å²) in [6, 6.07) is 4.80. The molecule has 0 aromatic heterocycles. The van der Waals surface area contributed by atoms with Crippen LogP contribution in [0.5, 0.6) is 0 Å². The van der Waals surface area contributed by atoms with Crippen LogP contribution in [-0.2, 0) is 19.6 Å². The average molecular weight is 443 g/mol. The predicted octanol–water partition coefficient (Wildman–Crippen LogP) is 3.22. The van der Waals surface area contributed by atoms with Gasteiger partial charge in [-0.1, -0.05) is 29.3 Å². The molecule has 1 aromatic carbocycles. The van der Waals surface area contributed by atoms with Gasteiger partial charge in [-0.05, 0) is 47.5 Å². The summed E-state index contributed by atoms with van der Waals surface area (Å²) in [4.78, 5) is 12.0. The van der Waals surface area contributed by atoms with E-state index in [1.54, 1.807) is 12.1 Å². The van der Waals surface area contributed by atoms with E-state index in [0.29, 0.717) is 21.8 Å². The second kappa shape index (κ2) is 7.21. The van der Waals surface area contributed by atoms with Crippen LogP contribution in [0, 0.1) is 0 Å². The lowest BCUT2D eigenvalue weighted by Crippen LogP contribution is -2.52. The molecule has 1 N–H and O–H groups in total. The fraction of sp³-hybridized carbons (Fsp3) is 0.462. The molecule has 0 aliphatic rings. The van der Waals surface area contributed by atoms with Crippen molar-refractivity contribution in [2.24, 2.45) is 0 Å². The van der Waals surface area contributed by atoms with Gasteiger partial charge >= 0.3 is 5.97 Å². The van der Waals surface area contributed by atoms with Crippen molar-refractivity contribution in [3.8, 4) is 0 Å². The molecule has 0 saturated carbocycles. The van der Waals surface area contributed by atoms with E-state index in [2.05, 4.69) is 36.6 Å². The Morgan fingerprint density at radius 3 is 2.52 bits per heavy atom. The van der Waals surface area contributed by atoms with Gasteiger partial charge in [0.2, 0.25) is 10.0 Å². The lowest BCUT2D eigenvalue weighted by atomic mass is 9.98. The Hall–Kier alpha value is -0.440. The minimum absolute atomic E-state index is 0.0584. The highest BCUT2D eigenvalue weighted by Crippen LogP contribution is 2.27. The number of ether oxygens (including phenoxy) is 1. The number of methoxy groups -OCH3 is 1. The molecule has 5 nitrogen and oxygen atoms in total. The summed E-state index contributed by atoms with van der Waals surface area (Å²) >= 11 is 6.45. The molecule has 0 spiro atoms. The Labute approximate surface area is 141 Å². The Morgan fingerprint density at radius 2 is 2.00 bits per heavy atom. The predicted molar refractivity (Wildman–Crippen MR) is 87.5 cm³/mol. The first-order chi connectivity index (χ1) is 9.66. The molecule has 0 fully saturated rings. The highest BCUT2D eigenvalue weighted by molar-refractivity contribution is 9.11. The highest BCUT2D eigenvalue weighted by Gasteiger charge is 2.38. The van der Waals surface area contributed by atoms with Crippen molar-refractivity contribution in [2.45, 2.75) is 37.1 Å². The molecule has 1 rings (SSSR count). The van der Waals surface area contributed by atoms with Crippen molar-refractivity contribution < 1.29 is 17.9 Å². The smallest absolute Gasteiger partial charge is 0.326 e. The number of carbonyl (C=O) groups is 1. The topological polar surface area (TPSA) is 72.5 Å². The number of halogens is 2. The second-order valence-corrected chi connectivity index (χ2v) is 8.17. The van der Waals surface area contributed by atoms with Crippen LogP contribution in [0.1, 0.15) is 26.7 Å². The van der Waals surface area contributed by atoms with Crippen LogP contribution in [0.4, 0.5) is 0 Å². The van der Waals surface area contributed by atoms with Gasteiger partial charge < -0.3 is 4.74 Å². The summed E-state index contributed by atoms with van der Waals surface area (Å²) in [7, 11) is -2.64. The number of hydrogen-bond acceptors (Lipinski definition) is 4. The molecule has 0 bridgehead atoms. The molecule has 1 unspecified atom stereocenters. The van der Waals surface area contributed by atoms with E-state index < -0.39 is 21.5 Å². The number of benzene rings is 1. The zero-order valence-corrected chi connectivity index (χ0v) is 15.9. The summed E-state index contributed by atoms with van der Waals surface area (Å²) in [6.07, 6.45) is 0.971. The Kier molecular flexibility index (Phi) is 6.39. The van der Waals surface area contributed by atoms with Crippen molar-refractivity contribution in [3.05, 3.63) is 27.1 Å². The normalized spacial score (nSPS) is 14.5. The number of carbonyl (C=O) groups excluding carboxylic acids is 1. The van der Waals surface area contributed by atoms with Crippen LogP contribution in [0.2, 0.25) is 0 Å². The van der Waals surface area contributed by atoms with Gasteiger partial charge in [-0.3, -0.25) is 4.79 Å². The van der Waals surface area contributed by atoms with Crippen molar-refractivity contribution in [3.63, 3.8) is 0 Å². The van der Waals surface area contributed by atoms with Gasteiger partial charge in [0.25, 0.3) is 0 Å². The van der Waals surface area contributed by atoms with Gasteiger partial charge in [-0.25, -0.2) is 8.42 Å². The van der Waals surface area contributed by atoms with Gasteiger partial charge in [0.05, 0.1) is 12.0 Å². The Morgan fingerprint density at radius 1 is 1.38 bits per heavy atom. The monoisotopic (exact) mass is 441 g/mol. The average Bonchev–Trinajstić information content (AvgIpc) is 2.40. The summed E-state index contributed by atoms with van der Waals surface area (Å²) in [5.74, 6) is -0.612. The van der Waals surface area contributed by atoms with Crippen LogP contribution >= 0.6 is 31.9 Å². The van der Waals surface area contributed by atoms with E-state index in [1.807, 2.05) is 6.92 Å². The molecule has 8 heteroatoms. The highest BCUT2D eigenvalue weighted by atomic mass is 79.9. The quantitative estimate of drug-likeness (QED) is 0.686. The molecule has 0 saturated heterocycles. The van der Waals surface area contributed by atoms with Crippen molar-refractivity contribution >= 4 is 47.9 Å². The Bertz CT molecular complexity index is 633. The number of esters is 1. The summed E-state index contributed by atoms with van der Waals surface area (Å²) < 4.78 is 33.3. The summed E-state index contributed by atoms with van der Waals surface area (Å²) in [6.45, 7) is 3.39. The van der Waals surface area contributed by atoms with E-state index in [1.165, 1.54) is 20.1 Å². The van der Waals surface area contributed by atoms with Crippen LogP contribution in [-0.4, -0.2) is 27.0 Å². The SMILES string of the molecule is CCCC(C)(NS(=O)(=O)c1cc(Br)ccc1Br)C(=O)OC. The van der Waals surface area contributed by atoms with E-state index in [4.69, 9.17) is 4.74 Å². The Balaban J connectivity index is 3.24. The molecule has 1 aromatic rings. The zero-order valence-electron chi connectivity index (χ0n) is 11.9. The van der Waals surface area contributed by atoms with Crippen molar-refractivity contribution in [2.75, 3.05) is 7.11 Å². The van der Waals surface area contributed by atoms with Gasteiger partial charge in [-0.15, -0.1) is 0 Å². The maximum absolute atomic E-state index is 12.5. The number of sulfonamides is 1. The third kappa shape index (κ3) is 4.51. The van der Waals surface area contributed by atoms with Crippen molar-refractivity contribution in [1.29, 1.82) is 0 Å². The standard InChI is InChI=1S/C13H17Br2NO4S/c1-4-7-13(2,12(17)20-3)16-21(18,19)11-8-9(14)5-6-10(11)15/h5-6,8,16H,4,7H2,1-3H3. The third-order valence-electron chi connectivity index (χ3n) is 2.93. The maximum Gasteiger partial charge on any atom is 0.326 e. The second-order valence-electron chi connectivity index (χ2n) is 4.75. The lowest BCUT2D eigenvalue weighted by molar-refractivity contribution is -0.147. The van der Waals surface area contributed by atoms with Crippen LogP contribution in [0.25, 0.3) is 0 Å². The molecule has 0 aliphatic heterocycles. The summed E-state index contributed by atoms with van der Waals surface area (Å²) in [5, 5.41) is 0. The zero-order chi connectivity index (χ0) is 16.3. The van der Waals surface area contributed by atoms with E-state index in [0.717, 1.165) is 0 Å². The molecular formula is C13H17Br2NO4S. The molecular weight excluding hydrogens is 426 g/mol. The lowest BCUT2D eigenvalue weighted by Gasteiger charge is -2.27. The van der Waals surface area contributed by atoms with Gasteiger partial charge in [0.15, 0.2) is 0 Å². The molecule has 0 amide bonds. The first-order valence-electron chi connectivity index (χ1n) is 6.23. The summed E-state index contributed by atoms with van der Waals surface area (Å²) in [5.41, 5.74) is -1.30. The fourth-order valence-corrected chi connectivity index (χ4v) is 4.85. The molecule has 0 radical (unpaired) electrons.